The van der Waals surface area contributed by atoms with Crippen molar-refractivity contribution in [2.24, 2.45) is 0 Å². The zero-order valence-electron chi connectivity index (χ0n) is 10.5. The van der Waals surface area contributed by atoms with Crippen LogP contribution in [0.25, 0.3) is 0 Å². The van der Waals surface area contributed by atoms with Crippen LogP contribution < -0.4 is 0 Å². The normalized spacial score (nSPS) is 10.5. The van der Waals surface area contributed by atoms with Gasteiger partial charge in [0.05, 0.1) is 11.6 Å². The van der Waals surface area contributed by atoms with Crippen molar-refractivity contribution in [2.45, 2.75) is 13.5 Å². The van der Waals surface area contributed by atoms with Crippen LogP contribution in [0.1, 0.15) is 21.1 Å². The molecule has 1 amide bonds. The molecular weight excluding hydrogens is 287 g/mol. The molecule has 2 aromatic rings. The van der Waals surface area contributed by atoms with Crippen molar-refractivity contribution in [3.63, 3.8) is 0 Å². The molecule has 1 aromatic carbocycles. The number of carbonyl (C=O) groups is 1. The lowest BCUT2D eigenvalue weighted by Crippen LogP contribution is -2.27. The number of hydrogen-bond acceptors (Lipinski definition) is 3. The van der Waals surface area contributed by atoms with E-state index in [-0.39, 0.29) is 12.5 Å². The van der Waals surface area contributed by atoms with Gasteiger partial charge in [0, 0.05) is 23.0 Å². The first-order valence-electron chi connectivity index (χ1n) is 5.59. The van der Waals surface area contributed by atoms with Crippen molar-refractivity contribution in [3.8, 4) is 0 Å². The highest BCUT2D eigenvalue weighted by molar-refractivity contribution is 7.09. The number of aromatic nitrogens is 1. The van der Waals surface area contributed by atoms with Gasteiger partial charge >= 0.3 is 0 Å². The Kier molecular flexibility index (Phi) is 4.17. The molecule has 0 bridgehead atoms. The number of rotatable bonds is 3. The predicted molar refractivity (Wildman–Crippen MR) is 74.1 cm³/mol. The van der Waals surface area contributed by atoms with Gasteiger partial charge in [0.2, 0.25) is 0 Å². The summed E-state index contributed by atoms with van der Waals surface area (Å²) < 4.78 is 13.6. The average Bonchev–Trinajstić information content (AvgIpc) is 2.79. The summed E-state index contributed by atoms with van der Waals surface area (Å²) >= 11 is 7.34. The van der Waals surface area contributed by atoms with E-state index in [1.807, 2.05) is 6.92 Å². The second-order valence-corrected chi connectivity index (χ2v) is 5.58. The van der Waals surface area contributed by atoms with E-state index in [0.29, 0.717) is 16.3 Å². The fourth-order valence-corrected chi connectivity index (χ4v) is 2.46. The van der Waals surface area contributed by atoms with Gasteiger partial charge in [0.15, 0.2) is 0 Å². The van der Waals surface area contributed by atoms with E-state index < -0.39 is 5.82 Å². The summed E-state index contributed by atoms with van der Waals surface area (Å²) in [6, 6.07) is 4.46. The van der Waals surface area contributed by atoms with Crippen LogP contribution >= 0.6 is 22.9 Å². The van der Waals surface area contributed by atoms with E-state index in [2.05, 4.69) is 4.98 Å². The molecule has 0 aliphatic rings. The Hall–Kier alpha value is -1.46. The molecule has 0 saturated heterocycles. The Labute approximate surface area is 119 Å². The molecule has 100 valence electrons. The third-order valence-electron chi connectivity index (χ3n) is 2.64. The number of hydrogen-bond donors (Lipinski definition) is 0. The topological polar surface area (TPSA) is 33.2 Å². The summed E-state index contributed by atoms with van der Waals surface area (Å²) in [4.78, 5) is 17.6. The summed E-state index contributed by atoms with van der Waals surface area (Å²) in [5, 5.41) is 2.83. The van der Waals surface area contributed by atoms with E-state index in [9.17, 15) is 9.18 Å². The van der Waals surface area contributed by atoms with Crippen molar-refractivity contribution < 1.29 is 9.18 Å². The third-order valence-corrected chi connectivity index (χ3v) is 3.77. The van der Waals surface area contributed by atoms with Crippen LogP contribution in [0.2, 0.25) is 5.02 Å². The molecule has 1 heterocycles. The monoisotopic (exact) mass is 298 g/mol. The van der Waals surface area contributed by atoms with Crippen LogP contribution in [0.4, 0.5) is 4.39 Å². The molecule has 0 unspecified atom stereocenters. The smallest absolute Gasteiger partial charge is 0.273 e. The molecule has 0 radical (unpaired) electrons. The minimum absolute atomic E-state index is 0.112. The maximum Gasteiger partial charge on any atom is 0.273 e. The number of thiazole rings is 1. The maximum absolute atomic E-state index is 13.6. The summed E-state index contributed by atoms with van der Waals surface area (Å²) in [6.45, 7) is 1.94. The highest BCUT2D eigenvalue weighted by Gasteiger charge is 2.17. The van der Waals surface area contributed by atoms with Crippen LogP contribution in [-0.4, -0.2) is 22.8 Å². The van der Waals surface area contributed by atoms with Gasteiger partial charge < -0.3 is 4.90 Å². The molecule has 0 fully saturated rings. The molecular formula is C13H12ClFN2OS. The quantitative estimate of drug-likeness (QED) is 0.868. The first kappa shape index (κ1) is 14.0. The van der Waals surface area contributed by atoms with Gasteiger partial charge in [-0.25, -0.2) is 9.37 Å². The van der Waals surface area contributed by atoms with Gasteiger partial charge in [-0.1, -0.05) is 17.7 Å². The van der Waals surface area contributed by atoms with E-state index in [1.54, 1.807) is 18.5 Å². The lowest BCUT2D eigenvalue weighted by molar-refractivity contribution is 0.0779. The minimum atomic E-state index is -0.415. The number of amides is 1. The molecule has 0 aliphatic carbocycles. The molecule has 0 aliphatic heterocycles. The highest BCUT2D eigenvalue weighted by Crippen LogP contribution is 2.21. The highest BCUT2D eigenvalue weighted by atomic mass is 35.5. The number of nitrogens with zero attached hydrogens (tertiary/aromatic N) is 2. The first-order valence-corrected chi connectivity index (χ1v) is 6.85. The van der Waals surface area contributed by atoms with Gasteiger partial charge in [-0.3, -0.25) is 4.79 Å². The lowest BCUT2D eigenvalue weighted by atomic mass is 10.2. The summed E-state index contributed by atoms with van der Waals surface area (Å²) in [7, 11) is 1.60. The van der Waals surface area contributed by atoms with Gasteiger partial charge in [-0.15, -0.1) is 11.3 Å². The van der Waals surface area contributed by atoms with E-state index in [1.165, 1.54) is 28.4 Å². The summed E-state index contributed by atoms with van der Waals surface area (Å²) in [6.07, 6.45) is 0. The van der Waals surface area contributed by atoms with Crippen LogP contribution in [0.15, 0.2) is 23.6 Å². The number of carbonyl (C=O) groups excluding carboxylic acids is 1. The van der Waals surface area contributed by atoms with E-state index in [4.69, 9.17) is 11.6 Å². The second kappa shape index (κ2) is 5.67. The molecule has 0 spiro atoms. The van der Waals surface area contributed by atoms with Gasteiger partial charge in [-0.05, 0) is 19.1 Å². The van der Waals surface area contributed by atoms with Crippen LogP contribution in [0.5, 0.6) is 0 Å². The molecule has 0 atom stereocenters. The van der Waals surface area contributed by atoms with Crippen molar-refractivity contribution in [1.82, 2.24) is 9.88 Å². The second-order valence-electron chi connectivity index (χ2n) is 4.11. The Balaban J connectivity index is 2.17. The largest absolute Gasteiger partial charge is 0.336 e. The van der Waals surface area contributed by atoms with Crippen molar-refractivity contribution >= 4 is 28.8 Å². The average molecular weight is 299 g/mol. The molecule has 0 N–H and O–H groups in total. The molecule has 6 heteroatoms. The van der Waals surface area contributed by atoms with Crippen molar-refractivity contribution in [3.05, 3.63) is 50.7 Å². The van der Waals surface area contributed by atoms with Gasteiger partial charge in [0.1, 0.15) is 11.5 Å². The third kappa shape index (κ3) is 3.11. The number of halogens is 2. The molecule has 1 aromatic heterocycles. The minimum Gasteiger partial charge on any atom is -0.336 e. The fourth-order valence-electron chi connectivity index (χ4n) is 1.65. The Morgan fingerprint density at radius 3 is 2.84 bits per heavy atom. The van der Waals surface area contributed by atoms with Crippen LogP contribution in [0.3, 0.4) is 0 Å². The molecule has 3 nitrogen and oxygen atoms in total. The van der Waals surface area contributed by atoms with Crippen molar-refractivity contribution in [1.29, 1.82) is 0 Å². The zero-order valence-corrected chi connectivity index (χ0v) is 12.1. The van der Waals surface area contributed by atoms with E-state index in [0.717, 1.165) is 5.01 Å². The Morgan fingerprint density at radius 1 is 1.53 bits per heavy atom. The SMILES string of the molecule is Cc1nc(C(=O)N(C)Cc2c(F)cccc2Cl)cs1. The molecule has 0 saturated carbocycles. The Bertz CT molecular complexity index is 594. The lowest BCUT2D eigenvalue weighted by Gasteiger charge is -2.17. The van der Waals surface area contributed by atoms with Crippen molar-refractivity contribution in [2.75, 3.05) is 7.05 Å². The standard InChI is InChI=1S/C13H12ClFN2OS/c1-8-16-12(7-19-8)13(18)17(2)6-9-10(14)4-3-5-11(9)15/h3-5,7H,6H2,1-2H3. The fraction of sp³-hybridized carbons (Fsp3) is 0.231. The maximum atomic E-state index is 13.6. The predicted octanol–water partition coefficient (Wildman–Crippen LogP) is 3.52. The van der Waals surface area contributed by atoms with Crippen LogP contribution in [-0.2, 0) is 6.54 Å². The number of aryl methyl sites for hydroxylation is 1. The molecule has 19 heavy (non-hydrogen) atoms. The summed E-state index contributed by atoms with van der Waals surface area (Å²) in [5.41, 5.74) is 0.685. The first-order chi connectivity index (χ1) is 8.99. The summed E-state index contributed by atoms with van der Waals surface area (Å²) in [5.74, 6) is -0.662. The van der Waals surface area contributed by atoms with Gasteiger partial charge in [0.25, 0.3) is 5.91 Å². The zero-order chi connectivity index (χ0) is 14.0. The van der Waals surface area contributed by atoms with Gasteiger partial charge in [-0.2, -0.15) is 0 Å². The van der Waals surface area contributed by atoms with Crippen LogP contribution in [0, 0.1) is 12.7 Å². The number of benzene rings is 1. The Morgan fingerprint density at radius 2 is 2.26 bits per heavy atom. The van der Waals surface area contributed by atoms with E-state index >= 15 is 0 Å². The molecule has 2 rings (SSSR count).